The monoisotopic (exact) mass is 656 g/mol. The first kappa shape index (κ1) is 32.3. The number of amidine groups is 1. The van der Waals surface area contributed by atoms with Crippen molar-refractivity contribution in [2.75, 3.05) is 39.0 Å². The Morgan fingerprint density at radius 3 is 2.00 bits per heavy atom. The van der Waals surface area contributed by atoms with Crippen molar-refractivity contribution in [3.05, 3.63) is 99.0 Å². The van der Waals surface area contributed by atoms with Gasteiger partial charge in [-0.25, -0.2) is 13.2 Å². The van der Waals surface area contributed by atoms with E-state index in [1.807, 2.05) is 67.6 Å². The Balaban J connectivity index is 1.67. The van der Waals surface area contributed by atoms with Crippen LogP contribution in [0.3, 0.4) is 0 Å². The number of hydrogen-bond acceptors (Lipinski definition) is 5. The van der Waals surface area contributed by atoms with Crippen molar-refractivity contribution < 1.29 is 17.9 Å². The fraction of sp³-hybridized carbons (Fsp3) is 0.394. The predicted octanol–water partition coefficient (Wildman–Crippen LogP) is 6.93. The van der Waals surface area contributed by atoms with E-state index in [4.69, 9.17) is 32.9 Å². The number of ether oxygens (including phenoxy) is 1. The molecule has 3 aromatic rings. The van der Waals surface area contributed by atoms with E-state index in [0.717, 1.165) is 16.7 Å². The number of carbonyl (C=O) groups excluding carboxylic acids is 1. The lowest BCUT2D eigenvalue weighted by Crippen LogP contribution is -2.55. The van der Waals surface area contributed by atoms with Gasteiger partial charge in [-0.2, -0.15) is 4.31 Å². The molecule has 0 saturated carbocycles. The summed E-state index contributed by atoms with van der Waals surface area (Å²) in [5.41, 5.74) is 3.45. The van der Waals surface area contributed by atoms with Crippen LogP contribution in [0.5, 0.6) is 5.75 Å². The second-order valence-corrected chi connectivity index (χ2v) is 15.0. The number of nitrogens with zero attached hydrogens (tertiary/aromatic N) is 4. The average Bonchev–Trinajstić information content (AvgIpc) is 3.37. The van der Waals surface area contributed by atoms with Gasteiger partial charge in [-0.05, 0) is 65.4 Å². The lowest BCUT2D eigenvalue weighted by molar-refractivity contribution is 0.143. The van der Waals surface area contributed by atoms with Gasteiger partial charge in [0.25, 0.3) is 0 Å². The topological polar surface area (TPSA) is 82.5 Å². The van der Waals surface area contributed by atoms with Crippen LogP contribution < -0.4 is 4.74 Å². The summed E-state index contributed by atoms with van der Waals surface area (Å²) in [4.78, 5) is 23.3. The summed E-state index contributed by atoms with van der Waals surface area (Å²) in [6, 6.07) is 19.8. The molecular weight excluding hydrogens is 619 g/mol. The molecule has 3 aromatic carbocycles. The number of halogens is 2. The second kappa shape index (κ2) is 12.7. The quantitative estimate of drug-likeness (QED) is 0.288. The number of urea groups is 1. The number of rotatable bonds is 6. The van der Waals surface area contributed by atoms with Gasteiger partial charge in [0.05, 0.1) is 24.5 Å². The number of benzene rings is 3. The van der Waals surface area contributed by atoms with Gasteiger partial charge in [0, 0.05) is 36.2 Å². The second-order valence-electron chi connectivity index (χ2n) is 12.1. The van der Waals surface area contributed by atoms with Crippen molar-refractivity contribution in [1.82, 2.24) is 14.1 Å². The molecule has 0 N–H and O–H groups in total. The first-order valence-electron chi connectivity index (χ1n) is 14.7. The van der Waals surface area contributed by atoms with Crippen molar-refractivity contribution in [3.63, 3.8) is 0 Å². The molecule has 0 aromatic heterocycles. The van der Waals surface area contributed by atoms with Crippen molar-refractivity contribution >= 4 is 45.1 Å². The fourth-order valence-electron chi connectivity index (χ4n) is 5.67. The van der Waals surface area contributed by atoms with Crippen LogP contribution >= 0.6 is 23.2 Å². The van der Waals surface area contributed by atoms with Crippen molar-refractivity contribution in [2.45, 2.75) is 45.2 Å². The third-order valence-corrected chi connectivity index (χ3v) is 9.87. The van der Waals surface area contributed by atoms with E-state index in [1.165, 1.54) is 10.6 Å². The number of carbonyl (C=O) groups is 1. The Hall–Kier alpha value is -3.11. The van der Waals surface area contributed by atoms with Crippen LogP contribution in [0.1, 0.15) is 62.0 Å². The van der Waals surface area contributed by atoms with Crippen LogP contribution in [0.15, 0.2) is 71.7 Å². The molecule has 0 radical (unpaired) electrons. The molecule has 1 fully saturated rings. The highest BCUT2D eigenvalue weighted by Crippen LogP contribution is 2.46. The van der Waals surface area contributed by atoms with Gasteiger partial charge in [-0.15, -0.1) is 0 Å². The highest BCUT2D eigenvalue weighted by Gasteiger charge is 2.45. The van der Waals surface area contributed by atoms with Crippen LogP contribution in [-0.2, 0) is 15.4 Å². The summed E-state index contributed by atoms with van der Waals surface area (Å²) in [7, 11) is -3.36. The van der Waals surface area contributed by atoms with Crippen LogP contribution in [0.2, 0.25) is 10.0 Å². The lowest BCUT2D eigenvalue weighted by atomic mass is 9.86. The summed E-state index contributed by atoms with van der Waals surface area (Å²) >= 11 is 12.5. The van der Waals surface area contributed by atoms with Gasteiger partial charge < -0.3 is 9.64 Å². The smallest absolute Gasteiger partial charge is 0.326 e. The summed E-state index contributed by atoms with van der Waals surface area (Å²) in [6.07, 6.45) is 1.19. The molecule has 2 aliphatic rings. The molecule has 2 aliphatic heterocycles. The minimum atomic E-state index is -3.36. The average molecular weight is 658 g/mol. The molecule has 11 heteroatoms. The van der Waals surface area contributed by atoms with Gasteiger partial charge in [0.15, 0.2) is 0 Å². The van der Waals surface area contributed by atoms with E-state index < -0.39 is 22.1 Å². The van der Waals surface area contributed by atoms with Gasteiger partial charge in [0.1, 0.15) is 17.6 Å². The SMILES string of the molecule is CCOc1cc(C(C)(C)C)ccc1C1=N[C@@H](c2ccc(Cl)cc2)[C@@H](c2ccc(Cl)cc2)N1C(=O)N1CCN(S(C)(=O)=O)CC1. The summed E-state index contributed by atoms with van der Waals surface area (Å²) in [5.74, 6) is 1.13. The minimum absolute atomic E-state index is 0.117. The zero-order chi connectivity index (χ0) is 31.8. The van der Waals surface area contributed by atoms with E-state index >= 15 is 0 Å². The van der Waals surface area contributed by atoms with Gasteiger partial charge in [-0.1, -0.05) is 74.3 Å². The van der Waals surface area contributed by atoms with Crippen molar-refractivity contribution in [2.24, 2.45) is 4.99 Å². The molecule has 0 spiro atoms. The maximum Gasteiger partial charge on any atom is 0.326 e. The van der Waals surface area contributed by atoms with E-state index in [0.29, 0.717) is 33.8 Å². The largest absolute Gasteiger partial charge is 0.493 e. The highest BCUT2D eigenvalue weighted by molar-refractivity contribution is 7.88. The zero-order valence-electron chi connectivity index (χ0n) is 25.6. The molecule has 0 unspecified atom stereocenters. The van der Waals surface area contributed by atoms with Crippen LogP contribution in [-0.4, -0.2) is 73.4 Å². The third-order valence-electron chi connectivity index (χ3n) is 8.06. The Bertz CT molecular complexity index is 1650. The van der Waals surface area contributed by atoms with Crippen LogP contribution in [0, 0.1) is 0 Å². The molecule has 0 bridgehead atoms. The number of amides is 2. The van der Waals surface area contributed by atoms with Crippen LogP contribution in [0.4, 0.5) is 4.79 Å². The molecular formula is C33H38Cl2N4O4S. The predicted molar refractivity (Wildman–Crippen MR) is 176 cm³/mol. The van der Waals surface area contributed by atoms with Crippen molar-refractivity contribution in [1.29, 1.82) is 0 Å². The maximum absolute atomic E-state index is 14.6. The Kier molecular flexibility index (Phi) is 9.33. The summed E-state index contributed by atoms with van der Waals surface area (Å²) < 4.78 is 32.0. The Labute approximate surface area is 270 Å². The molecule has 2 amide bonds. The summed E-state index contributed by atoms with van der Waals surface area (Å²) in [5, 5.41) is 1.19. The molecule has 2 heterocycles. The van der Waals surface area contributed by atoms with Crippen LogP contribution in [0.25, 0.3) is 0 Å². The third kappa shape index (κ3) is 6.76. The zero-order valence-corrected chi connectivity index (χ0v) is 28.0. The highest BCUT2D eigenvalue weighted by atomic mass is 35.5. The number of piperazine rings is 1. The fourth-order valence-corrected chi connectivity index (χ4v) is 6.74. The Morgan fingerprint density at radius 1 is 0.909 bits per heavy atom. The number of aliphatic imine (C=N–C) groups is 1. The Morgan fingerprint density at radius 2 is 1.48 bits per heavy atom. The maximum atomic E-state index is 14.6. The molecule has 44 heavy (non-hydrogen) atoms. The standard InChI is InChI=1S/C33H38Cl2N4O4S/c1-6-43-28-21-24(33(2,3)4)11-16-27(28)31-36-29(22-7-12-25(34)13-8-22)30(23-9-14-26(35)15-10-23)39(31)32(40)37-17-19-38(20-18-37)44(5,41)42/h7-16,21,29-30H,6,17-20H2,1-5H3/t29-,30+/m0/s1. The molecule has 0 aliphatic carbocycles. The van der Waals surface area contributed by atoms with E-state index in [-0.39, 0.29) is 37.6 Å². The van der Waals surface area contributed by atoms with E-state index in [2.05, 4.69) is 26.8 Å². The molecule has 8 nitrogen and oxygen atoms in total. The van der Waals surface area contributed by atoms with Gasteiger partial charge in [-0.3, -0.25) is 9.89 Å². The molecule has 1 saturated heterocycles. The lowest BCUT2D eigenvalue weighted by Gasteiger charge is -2.38. The summed E-state index contributed by atoms with van der Waals surface area (Å²) in [6.45, 7) is 9.77. The van der Waals surface area contributed by atoms with Gasteiger partial charge >= 0.3 is 6.03 Å². The number of hydrogen-bond donors (Lipinski definition) is 0. The van der Waals surface area contributed by atoms with E-state index in [1.54, 1.807) is 9.80 Å². The van der Waals surface area contributed by atoms with E-state index in [9.17, 15) is 13.2 Å². The normalized spacial score (nSPS) is 19.7. The van der Waals surface area contributed by atoms with Crippen molar-refractivity contribution in [3.8, 4) is 5.75 Å². The first-order chi connectivity index (χ1) is 20.8. The molecule has 234 valence electrons. The number of sulfonamides is 1. The van der Waals surface area contributed by atoms with Gasteiger partial charge in [0.2, 0.25) is 10.0 Å². The molecule has 2 atom stereocenters. The minimum Gasteiger partial charge on any atom is -0.493 e. The molecule has 5 rings (SSSR count). The first-order valence-corrected chi connectivity index (χ1v) is 17.3.